The maximum Gasteiger partial charge on any atom is 0.154 e. The van der Waals surface area contributed by atoms with E-state index in [1.807, 2.05) is 0 Å². The van der Waals surface area contributed by atoms with Gasteiger partial charge in [0.25, 0.3) is 0 Å². The third-order valence-corrected chi connectivity index (χ3v) is 4.88. The molecule has 0 bridgehead atoms. The maximum absolute atomic E-state index is 9.64. The molecule has 0 aliphatic carbocycles. The molecule has 2 unspecified atom stereocenters. The summed E-state index contributed by atoms with van der Waals surface area (Å²) < 4.78 is 21.8. The number of hydrogen-bond acceptors (Lipinski definition) is 7. The van der Waals surface area contributed by atoms with Crippen molar-refractivity contribution in [2.24, 2.45) is 0 Å². The summed E-state index contributed by atoms with van der Waals surface area (Å²) in [6.07, 6.45) is 10.2. The quantitative estimate of drug-likeness (QED) is 0.136. The predicted octanol–water partition coefficient (Wildman–Crippen LogP) is 4.00. The fourth-order valence-electron chi connectivity index (χ4n) is 2.85. The van der Waals surface area contributed by atoms with Gasteiger partial charge in [-0.3, -0.25) is 0 Å². The second-order valence-electron chi connectivity index (χ2n) is 8.03. The Morgan fingerprint density at radius 3 is 1.39 bits per heavy atom. The minimum absolute atomic E-state index is 0.638. The van der Waals surface area contributed by atoms with Crippen LogP contribution < -0.4 is 5.32 Å². The molecule has 0 fully saturated rings. The first-order valence-electron chi connectivity index (χ1n) is 12.7. The summed E-state index contributed by atoms with van der Waals surface area (Å²) >= 11 is 0. The van der Waals surface area contributed by atoms with Crippen molar-refractivity contribution in [3.8, 4) is 0 Å². The van der Waals surface area contributed by atoms with Crippen LogP contribution in [-0.4, -0.2) is 75.5 Å². The third-order valence-electron chi connectivity index (χ3n) is 4.88. The van der Waals surface area contributed by atoms with Gasteiger partial charge in [-0.25, -0.2) is 0 Å². The van der Waals surface area contributed by atoms with E-state index in [9.17, 15) is 10.2 Å². The molecule has 7 heteroatoms. The van der Waals surface area contributed by atoms with Gasteiger partial charge in [-0.1, -0.05) is 26.7 Å². The van der Waals surface area contributed by atoms with E-state index in [-0.39, 0.29) is 0 Å². The normalized spacial score (nSPS) is 13.5. The minimum Gasteiger partial charge on any atom is -0.381 e. The molecule has 0 aromatic heterocycles. The average Bonchev–Trinajstić information content (AvgIpc) is 2.76. The van der Waals surface area contributed by atoms with Crippen molar-refractivity contribution in [2.45, 2.75) is 103 Å². The molecule has 188 valence electrons. The van der Waals surface area contributed by atoms with E-state index in [2.05, 4.69) is 19.2 Å². The Balaban J connectivity index is 3.12. The summed E-state index contributed by atoms with van der Waals surface area (Å²) in [6, 6.07) is 0. The Kier molecular flexibility index (Phi) is 25.7. The summed E-state index contributed by atoms with van der Waals surface area (Å²) in [5, 5.41) is 22.7. The predicted molar refractivity (Wildman–Crippen MR) is 125 cm³/mol. The van der Waals surface area contributed by atoms with Gasteiger partial charge in [0.05, 0.1) is 0 Å². The zero-order valence-corrected chi connectivity index (χ0v) is 20.3. The topological polar surface area (TPSA) is 89.4 Å². The number of aliphatic hydroxyl groups is 2. The summed E-state index contributed by atoms with van der Waals surface area (Å²) in [5.41, 5.74) is 0. The van der Waals surface area contributed by atoms with Crippen LogP contribution >= 0.6 is 0 Å². The van der Waals surface area contributed by atoms with E-state index in [1.54, 1.807) is 0 Å². The van der Waals surface area contributed by atoms with Gasteiger partial charge < -0.3 is 34.5 Å². The van der Waals surface area contributed by atoms with Crippen LogP contribution in [0.15, 0.2) is 0 Å². The van der Waals surface area contributed by atoms with Gasteiger partial charge in [-0.15, -0.1) is 0 Å². The van der Waals surface area contributed by atoms with Crippen molar-refractivity contribution in [1.82, 2.24) is 5.32 Å². The zero-order chi connectivity index (χ0) is 22.8. The first-order chi connectivity index (χ1) is 15.2. The van der Waals surface area contributed by atoms with Crippen LogP contribution in [0.1, 0.15) is 90.9 Å². The number of hydrogen-bond donors (Lipinski definition) is 3. The molecule has 0 amide bonds. The molecule has 0 radical (unpaired) electrons. The lowest BCUT2D eigenvalue weighted by molar-refractivity contribution is -0.107. The summed E-state index contributed by atoms with van der Waals surface area (Å²) in [7, 11) is 0. The van der Waals surface area contributed by atoms with Crippen molar-refractivity contribution < 1.29 is 29.2 Å². The molecule has 0 spiro atoms. The Bertz CT molecular complexity index is 305. The van der Waals surface area contributed by atoms with Crippen LogP contribution in [0.3, 0.4) is 0 Å². The molecule has 7 nitrogen and oxygen atoms in total. The highest BCUT2D eigenvalue weighted by atomic mass is 16.6. The van der Waals surface area contributed by atoms with Gasteiger partial charge >= 0.3 is 0 Å². The van der Waals surface area contributed by atoms with E-state index in [0.29, 0.717) is 39.3 Å². The van der Waals surface area contributed by atoms with Crippen molar-refractivity contribution in [3.63, 3.8) is 0 Å². The number of nitrogens with one attached hydrogen (secondary N) is 1. The number of ether oxygens (including phenoxy) is 4. The van der Waals surface area contributed by atoms with E-state index >= 15 is 0 Å². The largest absolute Gasteiger partial charge is 0.381 e. The van der Waals surface area contributed by atoms with Crippen LogP contribution in [0.2, 0.25) is 0 Å². The molecular formula is C24H51NO6. The average molecular weight is 450 g/mol. The van der Waals surface area contributed by atoms with Crippen LogP contribution in [-0.2, 0) is 18.9 Å². The highest BCUT2D eigenvalue weighted by Gasteiger charge is 2.04. The third kappa shape index (κ3) is 25.9. The van der Waals surface area contributed by atoms with Crippen LogP contribution in [0.4, 0.5) is 0 Å². The highest BCUT2D eigenvalue weighted by Crippen LogP contribution is 2.03. The zero-order valence-electron chi connectivity index (χ0n) is 20.3. The van der Waals surface area contributed by atoms with Crippen molar-refractivity contribution in [3.05, 3.63) is 0 Å². The highest BCUT2D eigenvalue weighted by molar-refractivity contribution is 4.51. The fraction of sp³-hybridized carbons (Fsp3) is 1.00. The molecule has 0 aliphatic heterocycles. The molecule has 0 heterocycles. The molecule has 0 saturated carbocycles. The van der Waals surface area contributed by atoms with Gasteiger partial charge in [-0.05, 0) is 64.5 Å². The van der Waals surface area contributed by atoms with Gasteiger partial charge in [-0.2, -0.15) is 0 Å². The first-order valence-corrected chi connectivity index (χ1v) is 12.7. The number of aliphatic hydroxyl groups excluding tert-OH is 2. The molecule has 0 saturated heterocycles. The maximum atomic E-state index is 9.64. The molecule has 2 atom stereocenters. The van der Waals surface area contributed by atoms with Crippen LogP contribution in [0.5, 0.6) is 0 Å². The van der Waals surface area contributed by atoms with E-state index < -0.39 is 12.6 Å². The number of unbranched alkanes of at least 4 members (excludes halogenated alkanes) is 4. The minimum atomic E-state index is -0.646. The Labute approximate surface area is 191 Å². The van der Waals surface area contributed by atoms with Gasteiger partial charge in [0.2, 0.25) is 0 Å². The molecule has 0 aromatic carbocycles. The summed E-state index contributed by atoms with van der Waals surface area (Å²) in [6.45, 7) is 10.5. The van der Waals surface area contributed by atoms with Crippen LogP contribution in [0, 0.1) is 0 Å². The van der Waals surface area contributed by atoms with Gasteiger partial charge in [0.15, 0.2) is 12.6 Å². The second-order valence-corrected chi connectivity index (χ2v) is 8.03. The Morgan fingerprint density at radius 2 is 0.968 bits per heavy atom. The van der Waals surface area contributed by atoms with Gasteiger partial charge in [0, 0.05) is 52.5 Å². The first kappa shape index (κ1) is 30.7. The fourth-order valence-corrected chi connectivity index (χ4v) is 2.85. The molecule has 0 aliphatic rings. The molecular weight excluding hydrogens is 398 g/mol. The lowest BCUT2D eigenvalue weighted by Gasteiger charge is -2.11. The van der Waals surface area contributed by atoms with Crippen molar-refractivity contribution >= 4 is 0 Å². The van der Waals surface area contributed by atoms with Crippen molar-refractivity contribution in [2.75, 3.05) is 52.7 Å². The smallest absolute Gasteiger partial charge is 0.154 e. The van der Waals surface area contributed by atoms with E-state index in [0.717, 1.165) is 90.5 Å². The molecule has 3 N–H and O–H groups in total. The molecule has 0 rings (SSSR count). The van der Waals surface area contributed by atoms with Crippen LogP contribution in [0.25, 0.3) is 0 Å². The molecule has 31 heavy (non-hydrogen) atoms. The van der Waals surface area contributed by atoms with Gasteiger partial charge in [0.1, 0.15) is 0 Å². The van der Waals surface area contributed by atoms with Crippen molar-refractivity contribution in [1.29, 1.82) is 0 Å². The lowest BCUT2D eigenvalue weighted by Crippen LogP contribution is -2.18. The van der Waals surface area contributed by atoms with E-state index in [4.69, 9.17) is 18.9 Å². The standard InChI is InChI=1S/C24H51NO6/c1-3-5-21-30-23(26)13-11-19-28-17-9-7-15-25-16-8-10-18-29-20-12-14-24(27)31-22-6-4-2/h23-27H,3-22H2,1-2H3. The SMILES string of the molecule is CCCCOC(O)CCCOCCCCNCCCCOCCCC(O)OCCCC. The monoisotopic (exact) mass is 449 g/mol. The summed E-state index contributed by atoms with van der Waals surface area (Å²) in [4.78, 5) is 0. The van der Waals surface area contributed by atoms with E-state index in [1.165, 1.54) is 0 Å². The lowest BCUT2D eigenvalue weighted by atomic mass is 10.3. The second kappa shape index (κ2) is 26.0. The Hall–Kier alpha value is -0.280. The summed E-state index contributed by atoms with van der Waals surface area (Å²) in [5.74, 6) is 0. The Morgan fingerprint density at radius 1 is 0.548 bits per heavy atom. The molecule has 0 aromatic rings. The number of rotatable bonds is 26.